The van der Waals surface area contributed by atoms with Crippen molar-refractivity contribution >= 4 is 35.2 Å². The van der Waals surface area contributed by atoms with Crippen LogP contribution in [0.3, 0.4) is 0 Å². The SMILES string of the molecule is Cn1cnnc1SCC(=O)NC(=O)c1ccc(Cl)cc1. The van der Waals surface area contributed by atoms with Crippen LogP contribution in [0, 0.1) is 0 Å². The van der Waals surface area contributed by atoms with Gasteiger partial charge in [0.25, 0.3) is 5.91 Å². The summed E-state index contributed by atoms with van der Waals surface area (Å²) < 4.78 is 1.69. The van der Waals surface area contributed by atoms with Crippen molar-refractivity contribution in [1.82, 2.24) is 20.1 Å². The van der Waals surface area contributed by atoms with Crippen LogP contribution in [0.15, 0.2) is 35.7 Å². The summed E-state index contributed by atoms with van der Waals surface area (Å²) in [4.78, 5) is 23.4. The first-order valence-electron chi connectivity index (χ1n) is 5.63. The molecule has 1 N–H and O–H groups in total. The molecule has 0 bridgehead atoms. The average molecular weight is 311 g/mol. The molecule has 0 atom stereocenters. The Labute approximate surface area is 124 Å². The second-order valence-corrected chi connectivity index (χ2v) is 5.28. The first-order chi connectivity index (χ1) is 9.56. The molecule has 6 nitrogen and oxygen atoms in total. The Kier molecular flexibility index (Phi) is 4.75. The van der Waals surface area contributed by atoms with Gasteiger partial charge in [0.15, 0.2) is 5.16 Å². The van der Waals surface area contributed by atoms with Crippen molar-refractivity contribution in [1.29, 1.82) is 0 Å². The van der Waals surface area contributed by atoms with Gasteiger partial charge in [-0.15, -0.1) is 10.2 Å². The van der Waals surface area contributed by atoms with Gasteiger partial charge in [-0.05, 0) is 24.3 Å². The van der Waals surface area contributed by atoms with Crippen molar-refractivity contribution < 1.29 is 9.59 Å². The highest BCUT2D eigenvalue weighted by Crippen LogP contribution is 2.13. The lowest BCUT2D eigenvalue weighted by atomic mass is 10.2. The molecule has 0 aliphatic heterocycles. The van der Waals surface area contributed by atoms with Crippen LogP contribution >= 0.6 is 23.4 Å². The number of carbonyl (C=O) groups is 2. The Hall–Kier alpha value is -1.86. The van der Waals surface area contributed by atoms with Crippen molar-refractivity contribution in [3.05, 3.63) is 41.2 Å². The van der Waals surface area contributed by atoms with E-state index in [2.05, 4.69) is 15.5 Å². The Morgan fingerprint density at radius 3 is 2.65 bits per heavy atom. The second-order valence-electron chi connectivity index (χ2n) is 3.90. The standard InChI is InChI=1S/C12H11ClN4O2S/c1-17-7-14-16-12(17)20-6-10(18)15-11(19)8-2-4-9(13)5-3-8/h2-5,7H,6H2,1H3,(H,15,18,19). The van der Waals surface area contributed by atoms with Crippen LogP contribution in [-0.2, 0) is 11.8 Å². The molecule has 0 saturated heterocycles. The van der Waals surface area contributed by atoms with Crippen molar-refractivity contribution in [2.45, 2.75) is 5.16 Å². The summed E-state index contributed by atoms with van der Waals surface area (Å²) in [6, 6.07) is 6.30. The molecule has 0 aliphatic rings. The summed E-state index contributed by atoms with van der Waals surface area (Å²) in [6.07, 6.45) is 1.54. The fourth-order valence-electron chi connectivity index (χ4n) is 1.37. The number of halogens is 1. The fourth-order valence-corrected chi connectivity index (χ4v) is 2.18. The number of aryl methyl sites for hydroxylation is 1. The number of imide groups is 1. The van der Waals surface area contributed by atoms with Crippen LogP contribution < -0.4 is 5.32 Å². The van der Waals surface area contributed by atoms with Crippen molar-refractivity contribution in [3.8, 4) is 0 Å². The number of nitrogens with zero attached hydrogens (tertiary/aromatic N) is 3. The Bertz CT molecular complexity index is 627. The van der Waals surface area contributed by atoms with E-state index in [0.717, 1.165) is 0 Å². The number of hydrogen-bond acceptors (Lipinski definition) is 5. The predicted molar refractivity (Wildman–Crippen MR) is 75.7 cm³/mol. The number of thioether (sulfide) groups is 1. The van der Waals surface area contributed by atoms with Crippen LogP contribution in [0.25, 0.3) is 0 Å². The van der Waals surface area contributed by atoms with Gasteiger partial charge in [0.05, 0.1) is 5.75 Å². The molecular weight excluding hydrogens is 300 g/mol. The zero-order valence-electron chi connectivity index (χ0n) is 10.5. The number of nitrogens with one attached hydrogen (secondary N) is 1. The molecule has 2 amide bonds. The lowest BCUT2D eigenvalue weighted by Crippen LogP contribution is -2.31. The first-order valence-corrected chi connectivity index (χ1v) is 6.99. The van der Waals surface area contributed by atoms with Crippen molar-refractivity contribution in [3.63, 3.8) is 0 Å². The van der Waals surface area contributed by atoms with E-state index in [0.29, 0.717) is 15.7 Å². The predicted octanol–water partition coefficient (Wildman–Crippen LogP) is 1.52. The zero-order valence-corrected chi connectivity index (χ0v) is 12.1. The molecule has 1 aromatic carbocycles. The van der Waals surface area contributed by atoms with E-state index < -0.39 is 11.8 Å². The smallest absolute Gasteiger partial charge is 0.257 e. The van der Waals surface area contributed by atoms with Gasteiger partial charge in [-0.3, -0.25) is 14.9 Å². The molecule has 0 saturated carbocycles. The summed E-state index contributed by atoms with van der Waals surface area (Å²) in [5.41, 5.74) is 0.381. The summed E-state index contributed by atoms with van der Waals surface area (Å²) in [6.45, 7) is 0. The number of aromatic nitrogens is 3. The third kappa shape index (κ3) is 3.82. The highest BCUT2D eigenvalue weighted by molar-refractivity contribution is 7.99. The lowest BCUT2D eigenvalue weighted by molar-refractivity contribution is -0.117. The van der Waals surface area contributed by atoms with E-state index in [1.54, 1.807) is 42.2 Å². The maximum absolute atomic E-state index is 11.8. The zero-order chi connectivity index (χ0) is 14.5. The summed E-state index contributed by atoms with van der Waals surface area (Å²) >= 11 is 6.93. The Morgan fingerprint density at radius 1 is 1.35 bits per heavy atom. The third-order valence-electron chi connectivity index (χ3n) is 2.36. The molecule has 2 rings (SSSR count). The van der Waals surface area contributed by atoms with Gasteiger partial charge < -0.3 is 4.57 Å². The van der Waals surface area contributed by atoms with E-state index in [4.69, 9.17) is 11.6 Å². The van der Waals surface area contributed by atoms with Crippen LogP contribution in [0.1, 0.15) is 10.4 Å². The van der Waals surface area contributed by atoms with E-state index in [1.807, 2.05) is 0 Å². The van der Waals surface area contributed by atoms with E-state index in [9.17, 15) is 9.59 Å². The van der Waals surface area contributed by atoms with Crippen LogP contribution in [-0.4, -0.2) is 32.3 Å². The molecule has 0 fully saturated rings. The van der Waals surface area contributed by atoms with Crippen molar-refractivity contribution in [2.24, 2.45) is 7.05 Å². The lowest BCUT2D eigenvalue weighted by Gasteiger charge is -2.04. The topological polar surface area (TPSA) is 76.9 Å². The highest BCUT2D eigenvalue weighted by Gasteiger charge is 2.12. The van der Waals surface area contributed by atoms with Gasteiger partial charge in [0.1, 0.15) is 6.33 Å². The minimum Gasteiger partial charge on any atom is -0.312 e. The fraction of sp³-hybridized carbons (Fsp3) is 0.167. The average Bonchev–Trinajstić information content (AvgIpc) is 2.82. The van der Waals surface area contributed by atoms with Crippen LogP contribution in [0.5, 0.6) is 0 Å². The highest BCUT2D eigenvalue weighted by atomic mass is 35.5. The number of amides is 2. The molecule has 0 unspecified atom stereocenters. The molecule has 2 aromatic rings. The number of rotatable bonds is 4. The van der Waals surface area contributed by atoms with Crippen LogP contribution in [0.2, 0.25) is 5.02 Å². The van der Waals surface area contributed by atoms with Crippen LogP contribution in [0.4, 0.5) is 0 Å². The van der Waals surface area contributed by atoms with Gasteiger partial charge >= 0.3 is 0 Å². The maximum Gasteiger partial charge on any atom is 0.257 e. The molecule has 0 aliphatic carbocycles. The largest absolute Gasteiger partial charge is 0.312 e. The van der Waals surface area contributed by atoms with E-state index in [1.165, 1.54) is 11.8 Å². The Balaban J connectivity index is 1.86. The minimum absolute atomic E-state index is 0.0891. The summed E-state index contributed by atoms with van der Waals surface area (Å²) in [5, 5.41) is 11.0. The molecule has 104 valence electrons. The molecule has 1 aromatic heterocycles. The van der Waals surface area contributed by atoms with Gasteiger partial charge in [-0.25, -0.2) is 0 Å². The van der Waals surface area contributed by atoms with Gasteiger partial charge in [0, 0.05) is 17.6 Å². The maximum atomic E-state index is 11.8. The number of carbonyl (C=O) groups excluding carboxylic acids is 2. The van der Waals surface area contributed by atoms with Gasteiger partial charge in [-0.1, -0.05) is 23.4 Å². The van der Waals surface area contributed by atoms with Gasteiger partial charge in [-0.2, -0.15) is 0 Å². The summed E-state index contributed by atoms with van der Waals surface area (Å²) in [7, 11) is 1.78. The van der Waals surface area contributed by atoms with Gasteiger partial charge in [0.2, 0.25) is 5.91 Å². The molecular formula is C12H11ClN4O2S. The first kappa shape index (κ1) is 14.5. The summed E-state index contributed by atoms with van der Waals surface area (Å²) in [5.74, 6) is -0.755. The minimum atomic E-state index is -0.453. The second kappa shape index (κ2) is 6.53. The molecule has 0 spiro atoms. The quantitative estimate of drug-likeness (QED) is 0.866. The van der Waals surface area contributed by atoms with E-state index >= 15 is 0 Å². The third-order valence-corrected chi connectivity index (χ3v) is 3.65. The molecule has 20 heavy (non-hydrogen) atoms. The van der Waals surface area contributed by atoms with Crippen molar-refractivity contribution in [2.75, 3.05) is 5.75 Å². The normalized spacial score (nSPS) is 10.3. The molecule has 8 heteroatoms. The molecule has 0 radical (unpaired) electrons. The Morgan fingerprint density at radius 2 is 2.05 bits per heavy atom. The monoisotopic (exact) mass is 310 g/mol. The number of hydrogen-bond donors (Lipinski definition) is 1. The van der Waals surface area contributed by atoms with E-state index in [-0.39, 0.29) is 5.75 Å². The number of benzene rings is 1. The molecule has 1 heterocycles.